The van der Waals surface area contributed by atoms with Gasteiger partial charge >= 0.3 is 0 Å². The molecule has 0 N–H and O–H groups in total. The van der Waals surface area contributed by atoms with E-state index in [2.05, 4.69) is 32.9 Å². The Hall–Kier alpha value is -0.260. The molecule has 0 nitrogen and oxygen atoms in total. The minimum atomic E-state index is 0.838. The Morgan fingerprint density at radius 2 is 2.18 bits per heavy atom. The second-order valence-corrected chi connectivity index (χ2v) is 4.03. The van der Waals surface area contributed by atoms with Crippen LogP contribution in [0.5, 0.6) is 0 Å². The normalized spacial score (nSPS) is 30.2. The maximum absolute atomic E-state index is 2.42. The van der Waals surface area contributed by atoms with Gasteiger partial charge in [0.15, 0.2) is 0 Å². The van der Waals surface area contributed by atoms with Gasteiger partial charge in [-0.1, -0.05) is 39.3 Å². The highest BCUT2D eigenvalue weighted by Gasteiger charge is 2.23. The van der Waals surface area contributed by atoms with Crippen molar-refractivity contribution in [2.45, 2.75) is 40.0 Å². The van der Waals surface area contributed by atoms with Gasteiger partial charge in [0, 0.05) is 0 Å². The summed E-state index contributed by atoms with van der Waals surface area (Å²) in [7, 11) is 0. The zero-order valence-electron chi connectivity index (χ0n) is 8.01. The molecule has 0 aromatic heterocycles. The minimum Gasteiger partial charge on any atom is -0.0879 e. The van der Waals surface area contributed by atoms with E-state index in [1.165, 1.54) is 19.3 Å². The lowest BCUT2D eigenvalue weighted by molar-refractivity contribution is 0.314. The van der Waals surface area contributed by atoms with Gasteiger partial charge in [0.2, 0.25) is 0 Å². The van der Waals surface area contributed by atoms with Gasteiger partial charge < -0.3 is 0 Å². The molecule has 0 heterocycles. The summed E-state index contributed by atoms with van der Waals surface area (Å²) in [4.78, 5) is 0. The van der Waals surface area contributed by atoms with Gasteiger partial charge in [0.25, 0.3) is 0 Å². The minimum absolute atomic E-state index is 0.838. The van der Waals surface area contributed by atoms with Crippen molar-refractivity contribution in [3.05, 3.63) is 12.2 Å². The molecular formula is C11H20. The third-order valence-electron chi connectivity index (χ3n) is 2.77. The van der Waals surface area contributed by atoms with Crippen molar-refractivity contribution < 1.29 is 0 Å². The Balaban J connectivity index is 2.42. The van der Waals surface area contributed by atoms with Crippen LogP contribution in [0.25, 0.3) is 0 Å². The lowest BCUT2D eigenvalue weighted by Crippen LogP contribution is -2.13. The van der Waals surface area contributed by atoms with Crippen LogP contribution >= 0.6 is 0 Å². The lowest BCUT2D eigenvalue weighted by Gasteiger charge is -2.21. The summed E-state index contributed by atoms with van der Waals surface area (Å²) < 4.78 is 0. The van der Waals surface area contributed by atoms with E-state index in [1.807, 2.05) is 0 Å². The largest absolute Gasteiger partial charge is 0.0879 e. The van der Waals surface area contributed by atoms with E-state index in [4.69, 9.17) is 0 Å². The van der Waals surface area contributed by atoms with Crippen LogP contribution in [-0.2, 0) is 0 Å². The van der Waals surface area contributed by atoms with Crippen molar-refractivity contribution >= 4 is 0 Å². The molecule has 0 heteroatoms. The van der Waals surface area contributed by atoms with E-state index < -0.39 is 0 Å². The molecule has 64 valence electrons. The Bertz CT molecular complexity index is 133. The van der Waals surface area contributed by atoms with Crippen molar-refractivity contribution in [3.63, 3.8) is 0 Å². The summed E-state index contributed by atoms with van der Waals surface area (Å²) in [6, 6.07) is 0. The number of allylic oxidation sites excluding steroid dienone is 2. The van der Waals surface area contributed by atoms with Crippen molar-refractivity contribution in [1.29, 1.82) is 0 Å². The molecule has 0 saturated heterocycles. The zero-order chi connectivity index (χ0) is 8.27. The van der Waals surface area contributed by atoms with Gasteiger partial charge in [-0.2, -0.15) is 0 Å². The summed E-state index contributed by atoms with van der Waals surface area (Å²) in [5.74, 6) is 2.67. The quantitative estimate of drug-likeness (QED) is 0.542. The lowest BCUT2D eigenvalue weighted by atomic mass is 9.83. The highest BCUT2D eigenvalue weighted by Crippen LogP contribution is 2.34. The summed E-state index contributed by atoms with van der Waals surface area (Å²) in [5.41, 5.74) is 0. The molecule has 0 bridgehead atoms. The van der Waals surface area contributed by atoms with Gasteiger partial charge in [0.05, 0.1) is 0 Å². The molecule has 0 amide bonds. The van der Waals surface area contributed by atoms with Crippen LogP contribution in [0.2, 0.25) is 0 Å². The zero-order valence-corrected chi connectivity index (χ0v) is 8.01. The van der Waals surface area contributed by atoms with Gasteiger partial charge in [0.1, 0.15) is 0 Å². The Morgan fingerprint density at radius 3 is 2.73 bits per heavy atom. The maximum Gasteiger partial charge on any atom is -0.0179 e. The predicted octanol–water partition coefficient (Wildman–Crippen LogP) is 3.63. The molecule has 0 aliphatic heterocycles. The molecule has 2 unspecified atom stereocenters. The molecule has 0 radical (unpaired) electrons. The van der Waals surface area contributed by atoms with E-state index >= 15 is 0 Å². The van der Waals surface area contributed by atoms with E-state index in [0.29, 0.717) is 0 Å². The maximum atomic E-state index is 2.42. The Labute approximate surface area is 70.7 Å². The van der Waals surface area contributed by atoms with E-state index in [1.54, 1.807) is 0 Å². The highest BCUT2D eigenvalue weighted by molar-refractivity contribution is 5.01. The summed E-state index contributed by atoms with van der Waals surface area (Å²) >= 11 is 0. The molecule has 0 fully saturated rings. The van der Waals surface area contributed by atoms with Crippen LogP contribution in [0.15, 0.2) is 12.2 Å². The Kier molecular flexibility index (Phi) is 3.16. The molecule has 0 aromatic rings. The van der Waals surface area contributed by atoms with Crippen LogP contribution in [0.1, 0.15) is 40.0 Å². The smallest absolute Gasteiger partial charge is 0.0179 e. The molecule has 1 aliphatic rings. The van der Waals surface area contributed by atoms with Crippen molar-refractivity contribution in [2.24, 2.45) is 17.8 Å². The van der Waals surface area contributed by atoms with Crippen LogP contribution in [0.3, 0.4) is 0 Å². The van der Waals surface area contributed by atoms with Crippen LogP contribution < -0.4 is 0 Å². The first-order chi connectivity index (χ1) is 5.25. The van der Waals surface area contributed by atoms with Gasteiger partial charge in [-0.25, -0.2) is 0 Å². The Morgan fingerprint density at radius 1 is 1.45 bits per heavy atom. The fraction of sp³-hybridized carbons (Fsp3) is 0.818. The predicted molar refractivity (Wildman–Crippen MR) is 50.5 cm³/mol. The average Bonchev–Trinajstić information content (AvgIpc) is 2.36. The van der Waals surface area contributed by atoms with E-state index in [-0.39, 0.29) is 0 Å². The number of rotatable bonds is 3. The first-order valence-corrected chi connectivity index (χ1v) is 4.92. The summed E-state index contributed by atoms with van der Waals surface area (Å²) in [5, 5.41) is 0. The second-order valence-electron chi connectivity index (χ2n) is 4.03. The second kappa shape index (κ2) is 3.94. The van der Waals surface area contributed by atoms with Gasteiger partial charge in [-0.15, -0.1) is 0 Å². The van der Waals surface area contributed by atoms with Crippen LogP contribution in [-0.4, -0.2) is 0 Å². The fourth-order valence-electron chi connectivity index (χ4n) is 2.17. The summed E-state index contributed by atoms with van der Waals surface area (Å²) in [6.07, 6.45) is 8.87. The molecule has 2 atom stereocenters. The first kappa shape index (κ1) is 8.83. The first-order valence-electron chi connectivity index (χ1n) is 4.92. The van der Waals surface area contributed by atoms with Crippen LogP contribution in [0, 0.1) is 17.8 Å². The van der Waals surface area contributed by atoms with E-state index in [0.717, 1.165) is 17.8 Å². The van der Waals surface area contributed by atoms with Crippen molar-refractivity contribution in [2.75, 3.05) is 0 Å². The van der Waals surface area contributed by atoms with Gasteiger partial charge in [-0.05, 0) is 30.6 Å². The molecule has 0 saturated carbocycles. The number of hydrogen-bond acceptors (Lipinski definition) is 0. The van der Waals surface area contributed by atoms with Crippen molar-refractivity contribution in [3.8, 4) is 0 Å². The number of hydrogen-bond donors (Lipinski definition) is 0. The van der Waals surface area contributed by atoms with E-state index in [9.17, 15) is 0 Å². The highest BCUT2D eigenvalue weighted by atomic mass is 14.3. The SMILES string of the molecule is CCCC1CC=CC1C(C)C. The molecule has 0 spiro atoms. The van der Waals surface area contributed by atoms with Gasteiger partial charge in [-0.3, -0.25) is 0 Å². The molecule has 1 aliphatic carbocycles. The fourth-order valence-corrected chi connectivity index (χ4v) is 2.17. The molecule has 11 heavy (non-hydrogen) atoms. The monoisotopic (exact) mass is 152 g/mol. The standard InChI is InChI=1S/C11H20/c1-4-6-10-7-5-8-11(10)9(2)3/h5,8-11H,4,6-7H2,1-3H3. The topological polar surface area (TPSA) is 0 Å². The molecular weight excluding hydrogens is 132 g/mol. The average molecular weight is 152 g/mol. The third kappa shape index (κ3) is 2.08. The third-order valence-corrected chi connectivity index (χ3v) is 2.77. The van der Waals surface area contributed by atoms with Crippen LogP contribution in [0.4, 0.5) is 0 Å². The molecule has 0 aromatic carbocycles. The molecule has 1 rings (SSSR count). The van der Waals surface area contributed by atoms with Crippen molar-refractivity contribution in [1.82, 2.24) is 0 Å². The summed E-state index contributed by atoms with van der Waals surface area (Å²) in [6.45, 7) is 6.96.